The van der Waals surface area contributed by atoms with Crippen LogP contribution in [0.3, 0.4) is 0 Å². The van der Waals surface area contributed by atoms with Gasteiger partial charge in [0.2, 0.25) is 0 Å². The number of hydrogen-bond acceptors (Lipinski definition) is 7. The van der Waals surface area contributed by atoms with Crippen LogP contribution in [0.2, 0.25) is 0 Å². The number of carbonyl (C=O) groups is 1. The summed E-state index contributed by atoms with van der Waals surface area (Å²) < 4.78 is 0. The van der Waals surface area contributed by atoms with Crippen molar-refractivity contribution in [2.75, 3.05) is 37.4 Å². The second-order valence-electron chi connectivity index (χ2n) is 6.98. The quantitative estimate of drug-likeness (QED) is 0.717. The standard InChI is InChI=1S/C20H22N6OS/c1-25(2)16-7-10-26(12-16)15-5-3-14(4-6-15)23-19(27)18-13-28-20(24-18)17-11-21-8-9-22-17/h3-6,8-9,11,13,16H,7,10,12H2,1-2H3,(H,23,27). The van der Waals surface area contributed by atoms with Crippen LogP contribution in [0.4, 0.5) is 11.4 Å². The molecule has 1 N–H and O–H groups in total. The molecule has 8 heteroatoms. The lowest BCUT2D eigenvalue weighted by molar-refractivity contribution is 0.102. The summed E-state index contributed by atoms with van der Waals surface area (Å²) in [6.07, 6.45) is 6.03. The second-order valence-corrected chi connectivity index (χ2v) is 7.84. The van der Waals surface area contributed by atoms with Crippen LogP contribution in [0.25, 0.3) is 10.7 Å². The van der Waals surface area contributed by atoms with Crippen LogP contribution in [0.1, 0.15) is 16.9 Å². The van der Waals surface area contributed by atoms with Crippen molar-refractivity contribution in [2.24, 2.45) is 0 Å². The molecule has 1 aromatic carbocycles. The van der Waals surface area contributed by atoms with Gasteiger partial charge in [0.1, 0.15) is 16.4 Å². The normalized spacial score (nSPS) is 16.5. The first kappa shape index (κ1) is 18.5. The van der Waals surface area contributed by atoms with Gasteiger partial charge in [-0.15, -0.1) is 11.3 Å². The summed E-state index contributed by atoms with van der Waals surface area (Å²) in [4.78, 5) is 29.8. The van der Waals surface area contributed by atoms with Crippen LogP contribution < -0.4 is 10.2 Å². The van der Waals surface area contributed by atoms with Gasteiger partial charge < -0.3 is 15.1 Å². The number of benzene rings is 1. The predicted octanol–water partition coefficient (Wildman–Crippen LogP) is 2.99. The fraction of sp³-hybridized carbons (Fsp3) is 0.300. The van der Waals surface area contributed by atoms with Gasteiger partial charge in [-0.25, -0.2) is 4.98 Å². The number of carbonyl (C=O) groups excluding carboxylic acids is 1. The first-order valence-electron chi connectivity index (χ1n) is 9.15. The number of thiazole rings is 1. The molecule has 28 heavy (non-hydrogen) atoms. The van der Waals surface area contributed by atoms with Gasteiger partial charge in [-0.3, -0.25) is 14.8 Å². The summed E-state index contributed by atoms with van der Waals surface area (Å²) in [6.45, 7) is 2.08. The topological polar surface area (TPSA) is 74.2 Å². The second kappa shape index (κ2) is 8.04. The lowest BCUT2D eigenvalue weighted by atomic mass is 10.2. The van der Waals surface area contributed by atoms with Gasteiger partial charge in [0.15, 0.2) is 0 Å². The lowest BCUT2D eigenvalue weighted by Crippen LogP contribution is -2.31. The molecular formula is C20H22N6OS. The van der Waals surface area contributed by atoms with Crippen LogP contribution in [0, 0.1) is 0 Å². The Balaban J connectivity index is 1.39. The number of anilines is 2. The minimum absolute atomic E-state index is 0.229. The van der Waals surface area contributed by atoms with Crippen molar-refractivity contribution in [1.82, 2.24) is 19.9 Å². The molecule has 0 saturated carbocycles. The van der Waals surface area contributed by atoms with E-state index in [0.29, 0.717) is 22.4 Å². The molecule has 0 bridgehead atoms. The third kappa shape index (κ3) is 4.02. The summed E-state index contributed by atoms with van der Waals surface area (Å²) in [7, 11) is 4.25. The lowest BCUT2D eigenvalue weighted by Gasteiger charge is -2.22. The van der Waals surface area contributed by atoms with E-state index in [9.17, 15) is 4.79 Å². The Labute approximate surface area is 168 Å². The fourth-order valence-electron chi connectivity index (χ4n) is 3.25. The molecule has 0 aliphatic carbocycles. The van der Waals surface area contributed by atoms with Crippen LogP contribution in [0.5, 0.6) is 0 Å². The Morgan fingerprint density at radius 3 is 2.75 bits per heavy atom. The van der Waals surface area contributed by atoms with E-state index in [0.717, 1.165) is 18.8 Å². The van der Waals surface area contributed by atoms with Crippen molar-refractivity contribution in [3.8, 4) is 10.7 Å². The first-order valence-corrected chi connectivity index (χ1v) is 10.0. The number of rotatable bonds is 5. The van der Waals surface area contributed by atoms with E-state index in [1.807, 2.05) is 12.1 Å². The average Bonchev–Trinajstić information content (AvgIpc) is 3.39. The highest BCUT2D eigenvalue weighted by Crippen LogP contribution is 2.25. The van der Waals surface area contributed by atoms with Crippen LogP contribution >= 0.6 is 11.3 Å². The molecule has 1 fully saturated rings. The van der Waals surface area contributed by atoms with Crippen molar-refractivity contribution < 1.29 is 4.79 Å². The number of amides is 1. The maximum atomic E-state index is 12.5. The zero-order valence-electron chi connectivity index (χ0n) is 15.9. The third-order valence-corrected chi connectivity index (χ3v) is 5.77. The van der Waals surface area contributed by atoms with Gasteiger partial charge in [0.05, 0.1) is 6.20 Å². The maximum absolute atomic E-state index is 12.5. The van der Waals surface area contributed by atoms with Gasteiger partial charge in [-0.1, -0.05) is 0 Å². The zero-order valence-corrected chi connectivity index (χ0v) is 16.7. The Hall–Kier alpha value is -2.84. The van der Waals surface area contributed by atoms with E-state index >= 15 is 0 Å². The molecule has 3 aromatic rings. The highest BCUT2D eigenvalue weighted by Gasteiger charge is 2.24. The van der Waals surface area contributed by atoms with E-state index in [-0.39, 0.29) is 5.91 Å². The van der Waals surface area contributed by atoms with Crippen molar-refractivity contribution in [3.63, 3.8) is 0 Å². The van der Waals surface area contributed by atoms with E-state index < -0.39 is 0 Å². The van der Waals surface area contributed by atoms with Crippen LogP contribution in [-0.4, -0.2) is 59.0 Å². The van der Waals surface area contributed by atoms with Crippen LogP contribution in [0.15, 0.2) is 48.2 Å². The monoisotopic (exact) mass is 394 g/mol. The van der Waals surface area contributed by atoms with E-state index in [1.54, 1.807) is 24.0 Å². The minimum atomic E-state index is -0.229. The smallest absolute Gasteiger partial charge is 0.275 e. The first-order chi connectivity index (χ1) is 13.6. The number of hydrogen-bond donors (Lipinski definition) is 1. The summed E-state index contributed by atoms with van der Waals surface area (Å²) in [5.74, 6) is -0.229. The number of nitrogens with one attached hydrogen (secondary N) is 1. The Bertz CT molecular complexity index is 941. The van der Waals surface area contributed by atoms with Crippen molar-refractivity contribution in [3.05, 3.63) is 53.9 Å². The molecule has 3 heterocycles. The summed E-state index contributed by atoms with van der Waals surface area (Å²) in [5, 5.41) is 5.32. The van der Waals surface area contributed by atoms with E-state index in [1.165, 1.54) is 23.4 Å². The molecule has 1 unspecified atom stereocenters. The van der Waals surface area contributed by atoms with Gasteiger partial charge in [0.25, 0.3) is 5.91 Å². The fourth-order valence-corrected chi connectivity index (χ4v) is 4.01. The Morgan fingerprint density at radius 1 is 1.25 bits per heavy atom. The largest absolute Gasteiger partial charge is 0.370 e. The molecule has 7 nitrogen and oxygen atoms in total. The molecule has 0 radical (unpaired) electrons. The van der Waals surface area contributed by atoms with Gasteiger partial charge >= 0.3 is 0 Å². The van der Waals surface area contributed by atoms with Crippen LogP contribution in [-0.2, 0) is 0 Å². The minimum Gasteiger partial charge on any atom is -0.370 e. The van der Waals surface area contributed by atoms with Crippen molar-refractivity contribution in [2.45, 2.75) is 12.5 Å². The number of nitrogens with zero attached hydrogens (tertiary/aromatic N) is 5. The summed E-state index contributed by atoms with van der Waals surface area (Å²) in [6, 6.07) is 8.57. The molecule has 144 valence electrons. The van der Waals surface area contributed by atoms with Gasteiger partial charge in [-0.05, 0) is 44.8 Å². The van der Waals surface area contributed by atoms with Crippen molar-refractivity contribution >= 4 is 28.6 Å². The molecule has 1 atom stereocenters. The predicted molar refractivity (Wildman–Crippen MR) is 112 cm³/mol. The summed E-state index contributed by atoms with van der Waals surface area (Å²) >= 11 is 1.38. The highest BCUT2D eigenvalue weighted by molar-refractivity contribution is 7.13. The third-order valence-electron chi connectivity index (χ3n) is 4.90. The van der Waals surface area contributed by atoms with E-state index in [4.69, 9.17) is 0 Å². The number of aromatic nitrogens is 3. The van der Waals surface area contributed by atoms with Gasteiger partial charge in [0, 0.05) is 48.3 Å². The number of likely N-dealkylation sites (N-methyl/N-ethyl adjacent to an activating group) is 1. The molecule has 0 spiro atoms. The SMILES string of the molecule is CN(C)C1CCN(c2ccc(NC(=O)c3csc(-c4cnccn4)n3)cc2)C1. The zero-order chi connectivity index (χ0) is 19.5. The molecule has 1 aliphatic rings. The summed E-state index contributed by atoms with van der Waals surface area (Å²) in [5.41, 5.74) is 2.98. The molecule has 1 aliphatic heterocycles. The van der Waals surface area contributed by atoms with E-state index in [2.05, 4.69) is 56.3 Å². The average molecular weight is 395 g/mol. The van der Waals surface area contributed by atoms with Gasteiger partial charge in [-0.2, -0.15) is 0 Å². The van der Waals surface area contributed by atoms with Crippen molar-refractivity contribution in [1.29, 1.82) is 0 Å². The molecule has 1 amide bonds. The Morgan fingerprint density at radius 2 is 2.07 bits per heavy atom. The molecule has 4 rings (SSSR count). The Kier molecular flexibility index (Phi) is 5.31. The maximum Gasteiger partial charge on any atom is 0.275 e. The molecule has 1 saturated heterocycles. The highest BCUT2D eigenvalue weighted by atomic mass is 32.1. The molecule has 2 aromatic heterocycles. The molecular weight excluding hydrogens is 372 g/mol.